The topological polar surface area (TPSA) is 62.3 Å². The molecule has 5 nitrogen and oxygen atoms in total. The molecule has 0 fully saturated rings. The lowest BCUT2D eigenvalue weighted by Gasteiger charge is -2.19. The maximum absolute atomic E-state index is 13.1. The van der Waals surface area contributed by atoms with Crippen molar-refractivity contribution in [2.24, 2.45) is 0 Å². The van der Waals surface area contributed by atoms with E-state index in [0.29, 0.717) is 6.29 Å². The highest BCUT2D eigenvalue weighted by Crippen LogP contribution is 2.37. The van der Waals surface area contributed by atoms with E-state index in [1.807, 2.05) is 56.4 Å². The minimum Gasteiger partial charge on any atom is -0.365 e. The molecule has 0 spiro atoms. The van der Waals surface area contributed by atoms with E-state index in [1.165, 1.54) is 28.6 Å². The number of halogens is 3. The van der Waals surface area contributed by atoms with Gasteiger partial charge in [-0.1, -0.05) is 56.3 Å². The van der Waals surface area contributed by atoms with Gasteiger partial charge in [0.2, 0.25) is 0 Å². The van der Waals surface area contributed by atoms with Gasteiger partial charge in [-0.3, -0.25) is 4.31 Å². The average molecular weight is 602 g/mol. The van der Waals surface area contributed by atoms with Crippen LogP contribution >= 0.6 is 11.3 Å². The predicted octanol–water partition coefficient (Wildman–Crippen LogP) is 8.03. The van der Waals surface area contributed by atoms with Gasteiger partial charge in [0.15, 0.2) is 16.1 Å². The van der Waals surface area contributed by atoms with Crippen LogP contribution in [0.25, 0.3) is 11.3 Å². The van der Waals surface area contributed by atoms with Gasteiger partial charge in [-0.05, 0) is 61.2 Å². The van der Waals surface area contributed by atoms with Gasteiger partial charge in [0.05, 0.1) is 21.8 Å². The summed E-state index contributed by atoms with van der Waals surface area (Å²) in [5.74, 6) is 0. The first-order valence-electron chi connectivity index (χ1n) is 13.3. The Morgan fingerprint density at radius 1 is 1.05 bits per heavy atom. The molecule has 0 saturated heterocycles. The molecular formula is C31H34F3N3O2S2. The third kappa shape index (κ3) is 7.62. The maximum atomic E-state index is 13.1. The fourth-order valence-electron chi connectivity index (χ4n) is 4.40. The number of aromatic nitrogens is 1. The molecule has 1 aliphatic heterocycles. The number of rotatable bonds is 6. The molecule has 218 valence electrons. The Labute approximate surface area is 246 Å². The zero-order valence-electron chi connectivity index (χ0n) is 23.7. The van der Waals surface area contributed by atoms with Crippen LogP contribution in [0.3, 0.4) is 0 Å². The van der Waals surface area contributed by atoms with E-state index >= 15 is 0 Å². The number of carbonyl (C=O) groups is 1. The van der Waals surface area contributed by atoms with Crippen LogP contribution in [0.4, 0.5) is 24.0 Å². The van der Waals surface area contributed by atoms with Gasteiger partial charge >= 0.3 is 6.18 Å². The fourth-order valence-corrected chi connectivity index (χ4v) is 6.58. The Hall–Kier alpha value is -3.50. The molecule has 1 aromatic heterocycles. The lowest BCUT2D eigenvalue weighted by Crippen LogP contribution is -2.23. The van der Waals surface area contributed by atoms with Crippen LogP contribution in [0.15, 0.2) is 71.6 Å². The summed E-state index contributed by atoms with van der Waals surface area (Å²) in [6.45, 7) is 8.88. The number of alkyl halides is 3. The molecule has 1 unspecified atom stereocenters. The molecule has 1 N–H and O–H groups in total. The number of aryl methyl sites for hydroxylation is 2. The van der Waals surface area contributed by atoms with Gasteiger partial charge in [0.1, 0.15) is 6.29 Å². The van der Waals surface area contributed by atoms with Gasteiger partial charge in [0.25, 0.3) is 0 Å². The van der Waals surface area contributed by atoms with E-state index in [9.17, 15) is 22.2 Å². The molecule has 3 aromatic carbocycles. The normalized spacial score (nSPS) is 12.8. The number of carbonyl (C=O) groups excluding carboxylic acids is 1. The monoisotopic (exact) mass is 601 g/mol. The molecule has 0 saturated carbocycles. The number of hydrogen-bond acceptors (Lipinski definition) is 5. The Bertz CT molecular complexity index is 1500. The van der Waals surface area contributed by atoms with E-state index in [1.54, 1.807) is 11.3 Å². The van der Waals surface area contributed by atoms with Crippen molar-refractivity contribution in [2.75, 3.05) is 23.2 Å². The third-order valence-electron chi connectivity index (χ3n) is 6.32. The van der Waals surface area contributed by atoms with Gasteiger partial charge in [-0.2, -0.15) is 13.2 Å². The van der Waals surface area contributed by atoms with Crippen LogP contribution in [-0.4, -0.2) is 29.1 Å². The van der Waals surface area contributed by atoms with Crippen LogP contribution in [0.5, 0.6) is 0 Å². The number of thiazole rings is 1. The van der Waals surface area contributed by atoms with Crippen molar-refractivity contribution in [3.63, 3.8) is 0 Å². The van der Waals surface area contributed by atoms with Crippen molar-refractivity contribution < 1.29 is 22.2 Å². The number of benzene rings is 3. The second-order valence-electron chi connectivity index (χ2n) is 8.91. The highest BCUT2D eigenvalue weighted by atomic mass is 32.2. The zero-order chi connectivity index (χ0) is 30.2. The summed E-state index contributed by atoms with van der Waals surface area (Å²) in [6, 6.07) is 19.3. The minimum absolute atomic E-state index is 0.0185. The van der Waals surface area contributed by atoms with E-state index < -0.39 is 22.7 Å². The van der Waals surface area contributed by atoms with Crippen molar-refractivity contribution in [1.29, 1.82) is 0 Å². The SMILES string of the molecule is CC.CNc1nc(-c2ccc3c(c2)CCN3S(=O)c2ccccc2C)c(C)s1.O=CCc1ccccc1C(F)(F)F. The number of nitrogens with zero attached hydrogens (tertiary/aromatic N) is 2. The average Bonchev–Trinajstić information content (AvgIpc) is 3.57. The summed E-state index contributed by atoms with van der Waals surface area (Å²) in [4.78, 5) is 16.8. The van der Waals surface area contributed by atoms with Crippen LogP contribution in [0, 0.1) is 13.8 Å². The molecule has 1 atom stereocenters. The largest absolute Gasteiger partial charge is 0.416 e. The maximum Gasteiger partial charge on any atom is 0.416 e. The second kappa shape index (κ2) is 14.4. The molecule has 0 amide bonds. The van der Waals surface area contributed by atoms with Gasteiger partial charge in [-0.25, -0.2) is 9.19 Å². The first-order chi connectivity index (χ1) is 19.6. The summed E-state index contributed by atoms with van der Waals surface area (Å²) in [6.07, 6.45) is -3.21. The summed E-state index contributed by atoms with van der Waals surface area (Å²) < 4.78 is 51.9. The van der Waals surface area contributed by atoms with E-state index in [4.69, 9.17) is 0 Å². The molecule has 41 heavy (non-hydrogen) atoms. The molecule has 4 aromatic rings. The summed E-state index contributed by atoms with van der Waals surface area (Å²) in [5.41, 5.74) is 4.81. The quantitative estimate of drug-likeness (QED) is 0.227. The first kappa shape index (κ1) is 32.0. The first-order valence-corrected chi connectivity index (χ1v) is 15.2. The molecule has 5 rings (SSSR count). The van der Waals surface area contributed by atoms with Crippen LogP contribution in [0.1, 0.15) is 41.0 Å². The smallest absolute Gasteiger partial charge is 0.365 e. The van der Waals surface area contributed by atoms with Crippen molar-refractivity contribution in [3.05, 3.63) is 93.9 Å². The lowest BCUT2D eigenvalue weighted by atomic mass is 10.1. The molecule has 0 radical (unpaired) electrons. The molecule has 0 bridgehead atoms. The number of aldehydes is 1. The zero-order valence-corrected chi connectivity index (χ0v) is 25.3. The number of fused-ring (bicyclic) bond motifs is 1. The van der Waals surface area contributed by atoms with Gasteiger partial charge < -0.3 is 10.1 Å². The predicted molar refractivity (Wildman–Crippen MR) is 163 cm³/mol. The van der Waals surface area contributed by atoms with Crippen molar-refractivity contribution in [3.8, 4) is 11.3 Å². The van der Waals surface area contributed by atoms with Crippen LogP contribution < -0.4 is 9.62 Å². The third-order valence-corrected chi connectivity index (χ3v) is 8.93. The molecule has 1 aliphatic rings. The Morgan fingerprint density at radius 3 is 2.37 bits per heavy atom. The van der Waals surface area contributed by atoms with Crippen molar-refractivity contribution in [2.45, 2.75) is 51.6 Å². The van der Waals surface area contributed by atoms with Crippen LogP contribution in [0.2, 0.25) is 0 Å². The van der Waals surface area contributed by atoms with E-state index in [0.717, 1.165) is 51.6 Å². The van der Waals surface area contributed by atoms with Gasteiger partial charge in [-0.15, -0.1) is 11.3 Å². The molecule has 10 heteroatoms. The molecule has 2 heterocycles. The number of nitrogens with one attached hydrogen (secondary N) is 1. The minimum atomic E-state index is -4.38. The highest BCUT2D eigenvalue weighted by Gasteiger charge is 2.32. The Kier molecular flexibility index (Phi) is 11.3. The Morgan fingerprint density at radius 2 is 1.73 bits per heavy atom. The number of anilines is 2. The van der Waals surface area contributed by atoms with Crippen molar-refractivity contribution in [1.82, 2.24) is 4.98 Å². The number of hydrogen-bond donors (Lipinski definition) is 1. The molecule has 0 aliphatic carbocycles. The van der Waals surface area contributed by atoms with E-state index in [2.05, 4.69) is 35.4 Å². The summed E-state index contributed by atoms with van der Waals surface area (Å²) in [5, 5.41) is 4.05. The van der Waals surface area contributed by atoms with Gasteiger partial charge in [0, 0.05) is 30.5 Å². The standard InChI is InChI=1S/C20H21N3OS2.C9H7F3O.C2H6/c1-13-6-4-5-7-18(13)26(24)23-11-10-15-12-16(8-9-17(15)23)19-14(2)25-20(21-3)22-19;10-9(11,12)8-4-2-1-3-7(8)5-6-13;1-2/h4-9,12H,10-11H2,1-3H3,(H,21,22);1-4,6H,5H2;1-2H3. The lowest BCUT2D eigenvalue weighted by molar-refractivity contribution is -0.138. The summed E-state index contributed by atoms with van der Waals surface area (Å²) >= 11 is 1.67. The fraction of sp³-hybridized carbons (Fsp3) is 0.290. The highest BCUT2D eigenvalue weighted by molar-refractivity contribution is 7.86. The Balaban J connectivity index is 0.000000261. The van der Waals surface area contributed by atoms with Crippen molar-refractivity contribution >= 4 is 39.4 Å². The van der Waals surface area contributed by atoms with Crippen LogP contribution in [-0.2, 0) is 34.8 Å². The summed E-state index contributed by atoms with van der Waals surface area (Å²) in [7, 11) is 0.718. The molecular weight excluding hydrogens is 567 g/mol. The second-order valence-corrected chi connectivity index (χ2v) is 11.5. The van der Waals surface area contributed by atoms with E-state index in [-0.39, 0.29) is 12.0 Å².